The van der Waals surface area contributed by atoms with Crippen molar-refractivity contribution in [2.45, 2.75) is 54.1 Å². The maximum absolute atomic E-state index is 5.97. The van der Waals surface area contributed by atoms with Crippen LogP contribution >= 0.6 is 0 Å². The topological polar surface area (TPSA) is 18.5 Å². The molecule has 0 rings (SSSR count). The third-order valence-corrected chi connectivity index (χ3v) is 11.1. The van der Waals surface area contributed by atoms with Gasteiger partial charge in [-0.05, 0) is 39.3 Å². The van der Waals surface area contributed by atoms with E-state index in [2.05, 4.69) is 11.1 Å². The van der Waals surface area contributed by atoms with Gasteiger partial charge in [0.2, 0.25) is 0 Å². The van der Waals surface area contributed by atoms with E-state index >= 15 is 0 Å². The Hall–Kier alpha value is -0.309. The molecule has 0 atom stereocenters. The number of hydrogen-bond acceptors (Lipinski definition) is 2. The molecule has 0 spiro atoms. The summed E-state index contributed by atoms with van der Waals surface area (Å²) in [6.45, 7) is 12.0. The highest BCUT2D eigenvalue weighted by molar-refractivity contribution is 6.92. The lowest BCUT2D eigenvalue weighted by atomic mass is 11.4. The molecule has 0 fully saturated rings. The van der Waals surface area contributed by atoms with E-state index < -0.39 is 25.2 Å². The number of terminal acetylenes is 2. The highest BCUT2D eigenvalue weighted by atomic mass is 28.5. The van der Waals surface area contributed by atoms with Crippen LogP contribution in [0.4, 0.5) is 0 Å². The smallest absolute Gasteiger partial charge is 0.312 e. The van der Waals surface area contributed by atoms with Gasteiger partial charge in [-0.15, -0.1) is 23.9 Å². The summed E-state index contributed by atoms with van der Waals surface area (Å²) in [5.41, 5.74) is 5.47. The normalized spacial score (nSPS) is 11.5. The van der Waals surface area contributed by atoms with Crippen LogP contribution in [-0.2, 0) is 8.23 Å². The van der Waals surface area contributed by atoms with E-state index in [1.165, 1.54) is 0 Å². The number of rotatable bonds is 4. The SMILES string of the molecule is C.C.C#C[Si](C)(C)O[Si](C)(C)O[Si](C)(C)C#C. The molecule has 0 aliphatic heterocycles. The van der Waals surface area contributed by atoms with Crippen LogP contribution in [0.25, 0.3) is 0 Å². The summed E-state index contributed by atoms with van der Waals surface area (Å²) in [5, 5.41) is 0. The van der Waals surface area contributed by atoms with Crippen molar-refractivity contribution in [2.75, 3.05) is 0 Å². The molecule has 100 valence electrons. The molecular weight excluding hydrogens is 260 g/mol. The molecule has 0 aromatic carbocycles. The molecular formula is C12H28O2Si3. The van der Waals surface area contributed by atoms with Crippen molar-refractivity contribution < 1.29 is 8.23 Å². The van der Waals surface area contributed by atoms with Gasteiger partial charge in [-0.25, -0.2) is 0 Å². The molecule has 0 radical (unpaired) electrons. The van der Waals surface area contributed by atoms with Crippen molar-refractivity contribution in [3.8, 4) is 23.9 Å². The molecule has 0 aromatic heterocycles. The molecule has 0 N–H and O–H groups in total. The van der Waals surface area contributed by atoms with Gasteiger partial charge in [-0.3, -0.25) is 0 Å². The zero-order valence-corrected chi connectivity index (χ0v) is 13.5. The minimum atomic E-state index is -2.18. The first-order valence-electron chi connectivity index (χ1n) is 4.89. The van der Waals surface area contributed by atoms with E-state index in [9.17, 15) is 0 Å². The zero-order chi connectivity index (χ0) is 12.3. The van der Waals surface area contributed by atoms with Crippen molar-refractivity contribution in [1.29, 1.82) is 0 Å². The molecule has 0 saturated carbocycles. The summed E-state index contributed by atoms with van der Waals surface area (Å²) in [7, 11) is -6.19. The van der Waals surface area contributed by atoms with Crippen LogP contribution in [0.5, 0.6) is 0 Å². The monoisotopic (exact) mass is 288 g/mol. The van der Waals surface area contributed by atoms with Crippen LogP contribution in [0.1, 0.15) is 14.9 Å². The summed E-state index contributed by atoms with van der Waals surface area (Å²) in [4.78, 5) is 0. The summed E-state index contributed by atoms with van der Waals surface area (Å²) in [6, 6.07) is 0. The Kier molecular flexibility index (Phi) is 9.28. The minimum Gasteiger partial charge on any atom is -0.427 e. The summed E-state index contributed by atoms with van der Waals surface area (Å²) in [5.74, 6) is 0. The molecule has 0 amide bonds. The van der Waals surface area contributed by atoms with E-state index in [0.717, 1.165) is 0 Å². The van der Waals surface area contributed by atoms with E-state index in [4.69, 9.17) is 21.1 Å². The Bertz CT molecular complexity index is 279. The fraction of sp³-hybridized carbons (Fsp3) is 0.667. The zero-order valence-electron chi connectivity index (χ0n) is 10.5. The third-order valence-electron chi connectivity index (χ3n) is 1.70. The Labute approximate surface area is 112 Å². The van der Waals surface area contributed by atoms with Gasteiger partial charge in [0.05, 0.1) is 0 Å². The number of hydrogen-bond donors (Lipinski definition) is 0. The van der Waals surface area contributed by atoms with E-state index in [1.54, 1.807) is 0 Å². The van der Waals surface area contributed by atoms with Crippen molar-refractivity contribution in [1.82, 2.24) is 0 Å². The van der Waals surface area contributed by atoms with Crippen LogP contribution < -0.4 is 0 Å². The van der Waals surface area contributed by atoms with Crippen molar-refractivity contribution in [3.05, 3.63) is 0 Å². The predicted molar refractivity (Wildman–Crippen MR) is 85.7 cm³/mol. The second-order valence-corrected chi connectivity index (χ2v) is 16.0. The summed E-state index contributed by atoms with van der Waals surface area (Å²) >= 11 is 0. The Balaban J connectivity index is -0.000000980. The highest BCUT2D eigenvalue weighted by Gasteiger charge is 2.38. The first kappa shape index (κ1) is 21.9. The van der Waals surface area contributed by atoms with Gasteiger partial charge in [-0.1, -0.05) is 14.9 Å². The van der Waals surface area contributed by atoms with Gasteiger partial charge in [-0.2, -0.15) is 0 Å². The fourth-order valence-electron chi connectivity index (χ4n) is 1.31. The van der Waals surface area contributed by atoms with Crippen LogP contribution in [0.3, 0.4) is 0 Å². The fourth-order valence-corrected chi connectivity index (χ4v) is 12.2. The molecule has 0 aliphatic rings. The molecule has 0 aromatic rings. The summed E-state index contributed by atoms with van der Waals surface area (Å²) in [6.07, 6.45) is 10.9. The largest absolute Gasteiger partial charge is 0.427 e. The lowest BCUT2D eigenvalue weighted by molar-refractivity contribution is 0.402. The molecule has 0 aliphatic carbocycles. The molecule has 17 heavy (non-hydrogen) atoms. The molecule has 0 heterocycles. The standard InChI is InChI=1S/C10H20O2Si3.2CH4/c1-9-13(3,4)11-15(7,8)12-14(5,6)10-2;;/h1-2H,3-8H3;2*1H4. The van der Waals surface area contributed by atoms with Gasteiger partial charge in [0.1, 0.15) is 0 Å². The highest BCUT2D eigenvalue weighted by Crippen LogP contribution is 2.19. The first-order chi connectivity index (χ1) is 6.54. The van der Waals surface area contributed by atoms with Gasteiger partial charge in [0, 0.05) is 0 Å². The maximum Gasteiger partial charge on any atom is 0.312 e. The van der Waals surface area contributed by atoms with Gasteiger partial charge in [0.15, 0.2) is 0 Å². The van der Waals surface area contributed by atoms with Crippen LogP contribution in [0, 0.1) is 23.9 Å². The Morgan fingerprint density at radius 2 is 0.941 bits per heavy atom. The van der Waals surface area contributed by atoms with Gasteiger partial charge >= 0.3 is 8.56 Å². The maximum atomic E-state index is 5.97. The average Bonchev–Trinajstić information content (AvgIpc) is 2.00. The molecule has 5 heteroatoms. The lowest BCUT2D eigenvalue weighted by Gasteiger charge is -2.34. The summed E-state index contributed by atoms with van der Waals surface area (Å²) < 4.78 is 11.9. The van der Waals surface area contributed by atoms with Crippen LogP contribution in [0.2, 0.25) is 39.3 Å². The van der Waals surface area contributed by atoms with Gasteiger partial charge < -0.3 is 8.23 Å². The van der Waals surface area contributed by atoms with Crippen LogP contribution in [-0.4, -0.2) is 25.2 Å². The second-order valence-electron chi connectivity index (χ2n) is 4.91. The van der Waals surface area contributed by atoms with Crippen molar-refractivity contribution in [3.63, 3.8) is 0 Å². The molecule has 0 saturated heterocycles. The van der Waals surface area contributed by atoms with E-state index in [-0.39, 0.29) is 14.9 Å². The van der Waals surface area contributed by atoms with Crippen LogP contribution in [0.15, 0.2) is 0 Å². The lowest BCUT2D eigenvalue weighted by Crippen LogP contribution is -2.51. The minimum absolute atomic E-state index is 0. The third kappa shape index (κ3) is 9.40. The second kappa shape index (κ2) is 7.20. The Morgan fingerprint density at radius 3 is 1.12 bits per heavy atom. The quantitative estimate of drug-likeness (QED) is 0.579. The average molecular weight is 289 g/mol. The van der Waals surface area contributed by atoms with E-state index in [0.29, 0.717) is 0 Å². The molecule has 0 bridgehead atoms. The first-order valence-corrected chi connectivity index (χ1v) is 13.5. The van der Waals surface area contributed by atoms with Crippen molar-refractivity contribution >= 4 is 25.2 Å². The van der Waals surface area contributed by atoms with Gasteiger partial charge in [0.25, 0.3) is 16.6 Å². The Morgan fingerprint density at radius 1 is 0.706 bits per heavy atom. The molecule has 2 nitrogen and oxygen atoms in total. The van der Waals surface area contributed by atoms with Crippen molar-refractivity contribution in [2.24, 2.45) is 0 Å². The van der Waals surface area contributed by atoms with E-state index in [1.807, 2.05) is 39.3 Å². The predicted octanol–water partition coefficient (Wildman–Crippen LogP) is 3.75. The molecule has 0 unspecified atom stereocenters.